The van der Waals surface area contributed by atoms with Crippen LogP contribution in [0.2, 0.25) is 0 Å². The number of hydrogen-bond donors (Lipinski definition) is 1. The molecule has 2 aromatic rings. The third-order valence-electron chi connectivity index (χ3n) is 4.53. The normalized spacial score (nSPS) is 15.1. The van der Waals surface area contributed by atoms with E-state index in [2.05, 4.69) is 15.4 Å². The van der Waals surface area contributed by atoms with Crippen molar-refractivity contribution < 1.29 is 22.7 Å². The molecule has 0 radical (unpaired) electrons. The van der Waals surface area contributed by atoms with Crippen LogP contribution in [-0.2, 0) is 37.3 Å². The second-order valence-electron chi connectivity index (χ2n) is 8.44. The second kappa shape index (κ2) is 11.7. The molecular formula is C22H32N2O5S2. The zero-order chi connectivity index (χ0) is 22.9. The summed E-state index contributed by atoms with van der Waals surface area (Å²) in [5, 5.41) is 6.66. The Morgan fingerprint density at radius 3 is 2.32 bits per heavy atom. The Kier molecular flexibility index (Phi) is 9.61. The number of sulfone groups is 1. The lowest BCUT2D eigenvalue weighted by molar-refractivity contribution is -0.138. The minimum absolute atomic E-state index is 0.318. The largest absolute Gasteiger partial charge is 0.462 e. The molecule has 3 rings (SSSR count). The third-order valence-corrected chi connectivity index (χ3v) is 6.71. The maximum absolute atomic E-state index is 11.4. The number of nitrogens with zero attached hydrogens (tertiary/aromatic N) is 1. The topological polar surface area (TPSA) is 94.6 Å². The van der Waals surface area contributed by atoms with Crippen molar-refractivity contribution in [1.29, 1.82) is 0 Å². The summed E-state index contributed by atoms with van der Waals surface area (Å²) in [5.74, 6) is 0.577. The molecule has 172 valence electrons. The van der Waals surface area contributed by atoms with Crippen LogP contribution in [0.4, 0.5) is 0 Å². The van der Waals surface area contributed by atoms with Gasteiger partial charge in [0.1, 0.15) is 5.60 Å². The van der Waals surface area contributed by atoms with Gasteiger partial charge in [-0.25, -0.2) is 13.4 Å². The lowest BCUT2D eigenvalue weighted by atomic mass is 9.99. The van der Waals surface area contributed by atoms with Crippen LogP contribution < -0.4 is 5.32 Å². The first-order chi connectivity index (χ1) is 14.6. The van der Waals surface area contributed by atoms with Crippen LogP contribution in [0.25, 0.3) is 0 Å². The summed E-state index contributed by atoms with van der Waals surface area (Å²) in [6.45, 7) is 8.99. The fourth-order valence-corrected chi connectivity index (χ4v) is 4.50. The summed E-state index contributed by atoms with van der Waals surface area (Å²) >= 11 is 1.72. The van der Waals surface area contributed by atoms with E-state index in [1.807, 2.05) is 20.8 Å². The number of carbonyl (C=O) groups is 1. The molecule has 1 saturated heterocycles. The van der Waals surface area contributed by atoms with E-state index in [0.717, 1.165) is 37.2 Å². The van der Waals surface area contributed by atoms with Gasteiger partial charge in [-0.2, -0.15) is 0 Å². The van der Waals surface area contributed by atoms with Crippen LogP contribution in [-0.4, -0.2) is 44.8 Å². The van der Waals surface area contributed by atoms with Crippen LogP contribution in [0, 0.1) is 0 Å². The van der Waals surface area contributed by atoms with E-state index in [1.54, 1.807) is 35.6 Å². The maximum atomic E-state index is 11.4. The first-order valence-corrected chi connectivity index (χ1v) is 13.0. The van der Waals surface area contributed by atoms with Gasteiger partial charge in [0, 0.05) is 17.6 Å². The van der Waals surface area contributed by atoms with E-state index < -0.39 is 9.84 Å². The predicted molar refractivity (Wildman–Crippen MR) is 122 cm³/mol. The number of piperidine rings is 1. The Morgan fingerprint density at radius 2 is 1.81 bits per heavy atom. The lowest BCUT2D eigenvalue weighted by Gasteiger charge is -2.20. The zero-order valence-electron chi connectivity index (χ0n) is 18.6. The van der Waals surface area contributed by atoms with Crippen LogP contribution in [0.1, 0.15) is 55.8 Å². The van der Waals surface area contributed by atoms with Crippen molar-refractivity contribution in [2.45, 2.75) is 63.2 Å². The molecule has 1 aliphatic rings. The summed E-state index contributed by atoms with van der Waals surface area (Å²) in [6, 6.07) is 6.81. The summed E-state index contributed by atoms with van der Waals surface area (Å²) in [4.78, 5) is 14.6. The van der Waals surface area contributed by atoms with Crippen molar-refractivity contribution in [1.82, 2.24) is 10.3 Å². The van der Waals surface area contributed by atoms with E-state index in [0.29, 0.717) is 30.5 Å². The number of benzene rings is 1. The summed E-state index contributed by atoms with van der Waals surface area (Å²) in [5.41, 5.74) is 1.61. The van der Waals surface area contributed by atoms with Crippen molar-refractivity contribution in [3.63, 3.8) is 0 Å². The van der Waals surface area contributed by atoms with Crippen molar-refractivity contribution in [3.05, 3.63) is 45.9 Å². The molecule has 1 aliphatic heterocycles. The zero-order valence-corrected chi connectivity index (χ0v) is 20.2. The van der Waals surface area contributed by atoms with Gasteiger partial charge in [0.25, 0.3) is 6.47 Å². The van der Waals surface area contributed by atoms with Crippen molar-refractivity contribution in [2.75, 3.05) is 19.3 Å². The molecule has 0 unspecified atom stereocenters. The summed E-state index contributed by atoms with van der Waals surface area (Å²) < 4.78 is 33.1. The smallest absolute Gasteiger partial charge is 0.293 e. The van der Waals surface area contributed by atoms with Crippen LogP contribution >= 0.6 is 11.3 Å². The van der Waals surface area contributed by atoms with Gasteiger partial charge in [0.2, 0.25) is 0 Å². The number of thiazole rings is 1. The standard InChI is InChI=1S/C17H22N2O3S2.C5H10O2/c1-24(20,21)16-4-2-13(3-5-16)10-22-11-15-12-23-17(19-15)14-6-8-18-9-7-14;1-5(2,3)7-4-6/h2-5,12,14,18H,6-11H2,1H3;4H,1-3H3. The van der Waals surface area contributed by atoms with E-state index in [-0.39, 0.29) is 5.60 Å². The molecule has 0 spiro atoms. The highest BCUT2D eigenvalue weighted by atomic mass is 32.2. The maximum Gasteiger partial charge on any atom is 0.293 e. The Morgan fingerprint density at radius 1 is 1.16 bits per heavy atom. The average Bonchev–Trinajstić information content (AvgIpc) is 3.17. The Bertz CT molecular complexity index is 912. The average molecular weight is 469 g/mol. The van der Waals surface area contributed by atoms with Gasteiger partial charge in [-0.05, 0) is 64.4 Å². The van der Waals surface area contributed by atoms with E-state index in [4.69, 9.17) is 9.72 Å². The quantitative estimate of drug-likeness (QED) is 0.619. The van der Waals surface area contributed by atoms with Gasteiger partial charge in [0.05, 0.1) is 28.8 Å². The van der Waals surface area contributed by atoms with E-state index in [1.165, 1.54) is 11.3 Å². The first-order valence-electron chi connectivity index (χ1n) is 10.2. The molecule has 31 heavy (non-hydrogen) atoms. The van der Waals surface area contributed by atoms with Gasteiger partial charge in [-0.1, -0.05) is 12.1 Å². The van der Waals surface area contributed by atoms with Gasteiger partial charge in [-0.15, -0.1) is 11.3 Å². The molecule has 1 fully saturated rings. The molecule has 0 amide bonds. The molecule has 7 nitrogen and oxygen atoms in total. The number of ether oxygens (including phenoxy) is 2. The first kappa shape index (κ1) is 25.5. The van der Waals surface area contributed by atoms with Crippen LogP contribution in [0.3, 0.4) is 0 Å². The predicted octanol–water partition coefficient (Wildman–Crippen LogP) is 3.69. The van der Waals surface area contributed by atoms with Gasteiger partial charge in [0.15, 0.2) is 9.84 Å². The highest BCUT2D eigenvalue weighted by molar-refractivity contribution is 7.90. The van der Waals surface area contributed by atoms with Gasteiger partial charge in [-0.3, -0.25) is 4.79 Å². The number of rotatable bonds is 7. The molecule has 2 heterocycles. The molecule has 1 aromatic heterocycles. The molecule has 0 aliphatic carbocycles. The monoisotopic (exact) mass is 468 g/mol. The number of aromatic nitrogens is 1. The SMILES string of the molecule is CC(C)(C)OC=O.CS(=O)(=O)c1ccc(COCc2csc(C3CCNCC3)n2)cc1. The highest BCUT2D eigenvalue weighted by Gasteiger charge is 2.18. The molecule has 9 heteroatoms. The summed E-state index contributed by atoms with van der Waals surface area (Å²) in [6.07, 6.45) is 3.52. The van der Waals surface area contributed by atoms with Gasteiger partial charge >= 0.3 is 0 Å². The summed E-state index contributed by atoms with van der Waals surface area (Å²) in [7, 11) is -3.15. The molecule has 1 aromatic carbocycles. The number of hydrogen-bond acceptors (Lipinski definition) is 8. The fraction of sp³-hybridized carbons (Fsp3) is 0.545. The van der Waals surface area contributed by atoms with Crippen molar-refractivity contribution in [2.24, 2.45) is 0 Å². The van der Waals surface area contributed by atoms with E-state index >= 15 is 0 Å². The molecule has 0 bridgehead atoms. The number of carbonyl (C=O) groups excluding carboxylic acids is 1. The van der Waals surface area contributed by atoms with Crippen molar-refractivity contribution >= 4 is 27.6 Å². The molecular weight excluding hydrogens is 436 g/mol. The Labute approximate surface area is 189 Å². The highest BCUT2D eigenvalue weighted by Crippen LogP contribution is 2.28. The number of nitrogens with one attached hydrogen (secondary N) is 1. The lowest BCUT2D eigenvalue weighted by Crippen LogP contribution is -2.26. The minimum Gasteiger partial charge on any atom is -0.462 e. The molecule has 0 saturated carbocycles. The van der Waals surface area contributed by atoms with Crippen LogP contribution in [0.15, 0.2) is 34.5 Å². The van der Waals surface area contributed by atoms with Crippen LogP contribution in [0.5, 0.6) is 0 Å². The minimum atomic E-state index is -3.15. The molecule has 0 atom stereocenters. The third kappa shape index (κ3) is 9.47. The van der Waals surface area contributed by atoms with Gasteiger partial charge < -0.3 is 14.8 Å². The Hall–Kier alpha value is -1.81. The Balaban J connectivity index is 0.000000423. The molecule has 1 N–H and O–H groups in total. The van der Waals surface area contributed by atoms with E-state index in [9.17, 15) is 13.2 Å². The fourth-order valence-electron chi connectivity index (χ4n) is 2.90. The second-order valence-corrected chi connectivity index (χ2v) is 11.3. The van der Waals surface area contributed by atoms with Crippen molar-refractivity contribution in [3.8, 4) is 0 Å².